The van der Waals surface area contributed by atoms with E-state index in [1.54, 1.807) is 70.2 Å². The highest BCUT2D eigenvalue weighted by Crippen LogP contribution is 2.37. The number of carboxylic acid groups (broad SMARTS) is 1. The summed E-state index contributed by atoms with van der Waals surface area (Å²) in [7, 11) is 1.49. The largest absolute Gasteiger partial charge is 0.496 e. The molecule has 0 bridgehead atoms. The molecule has 0 fully saturated rings. The van der Waals surface area contributed by atoms with Gasteiger partial charge in [0.25, 0.3) is 5.91 Å². The number of carbonyl (C=O) groups is 6. The number of methoxy groups -OCH3 is 1. The van der Waals surface area contributed by atoms with Crippen molar-refractivity contribution < 1.29 is 43.3 Å². The number of carbonyl (C=O) groups excluding carboxylic acids is 5. The minimum Gasteiger partial charge on any atom is -0.496 e. The number of carboxylic acids is 1. The fraction of sp³-hybridized carbons (Fsp3) is 0.405. The molecule has 50 heavy (non-hydrogen) atoms. The lowest BCUT2D eigenvalue weighted by Crippen LogP contribution is -2.56. The van der Waals surface area contributed by atoms with E-state index >= 15 is 0 Å². The van der Waals surface area contributed by atoms with Gasteiger partial charge in [0.1, 0.15) is 23.2 Å². The number of benzene rings is 3. The van der Waals surface area contributed by atoms with Gasteiger partial charge in [0.2, 0.25) is 11.8 Å². The second kappa shape index (κ2) is 15.9. The summed E-state index contributed by atoms with van der Waals surface area (Å²) >= 11 is 0. The number of ketones is 1. The minimum absolute atomic E-state index is 0.0413. The molecular weight excluding hydrogens is 644 g/mol. The zero-order valence-electron chi connectivity index (χ0n) is 29.2. The van der Waals surface area contributed by atoms with Crippen LogP contribution in [0.5, 0.6) is 5.75 Å². The number of esters is 1. The number of hydrogen-bond acceptors (Lipinski definition) is 9. The summed E-state index contributed by atoms with van der Waals surface area (Å²) in [4.78, 5) is 80.3. The molecule has 4 rings (SSSR count). The lowest BCUT2D eigenvalue weighted by molar-refractivity contribution is -0.153. The zero-order valence-corrected chi connectivity index (χ0v) is 29.2. The number of amides is 3. The zero-order chi connectivity index (χ0) is 36.7. The summed E-state index contributed by atoms with van der Waals surface area (Å²) < 4.78 is 11.0. The molecule has 1 heterocycles. The first-order valence-electron chi connectivity index (χ1n) is 16.4. The number of para-hydroxylation sites is 2. The molecule has 13 nitrogen and oxygen atoms in total. The second-order valence-electron chi connectivity index (χ2n) is 13.2. The highest BCUT2D eigenvalue weighted by Gasteiger charge is 2.38. The molecule has 13 heteroatoms. The predicted molar refractivity (Wildman–Crippen MR) is 187 cm³/mol. The third-order valence-electron chi connectivity index (χ3n) is 8.17. The van der Waals surface area contributed by atoms with Crippen molar-refractivity contribution in [3.63, 3.8) is 0 Å². The molecule has 3 aromatic rings. The van der Waals surface area contributed by atoms with Crippen LogP contribution in [-0.2, 0) is 35.3 Å². The van der Waals surface area contributed by atoms with Gasteiger partial charge in [0.05, 0.1) is 49.7 Å². The van der Waals surface area contributed by atoms with E-state index in [9.17, 15) is 33.9 Å². The van der Waals surface area contributed by atoms with Crippen LogP contribution in [0.1, 0.15) is 69.8 Å². The van der Waals surface area contributed by atoms with Crippen LogP contribution in [0.15, 0.2) is 54.6 Å². The van der Waals surface area contributed by atoms with Crippen molar-refractivity contribution in [1.29, 1.82) is 0 Å². The highest BCUT2D eigenvalue weighted by atomic mass is 16.6. The van der Waals surface area contributed by atoms with Crippen molar-refractivity contribution in [1.82, 2.24) is 10.6 Å². The number of ether oxygens (including phenoxy) is 2. The monoisotopic (exact) mass is 688 g/mol. The van der Waals surface area contributed by atoms with Gasteiger partial charge in [0.15, 0.2) is 0 Å². The van der Waals surface area contributed by atoms with E-state index in [2.05, 4.69) is 10.6 Å². The molecule has 0 radical (unpaired) electrons. The summed E-state index contributed by atoms with van der Waals surface area (Å²) in [5, 5.41) is 16.4. The van der Waals surface area contributed by atoms with Crippen LogP contribution in [0.3, 0.4) is 0 Å². The number of fused-ring (bicyclic) bond motifs is 2. The average Bonchev–Trinajstić information content (AvgIpc) is 3.16. The predicted octanol–water partition coefficient (Wildman–Crippen LogP) is 3.99. The summed E-state index contributed by atoms with van der Waals surface area (Å²) in [6.07, 6.45) is 0.579. The third-order valence-corrected chi connectivity index (χ3v) is 8.17. The average molecular weight is 689 g/mol. The van der Waals surface area contributed by atoms with Crippen molar-refractivity contribution in [3.8, 4) is 5.75 Å². The third kappa shape index (κ3) is 9.23. The molecule has 1 aliphatic heterocycles. The van der Waals surface area contributed by atoms with Gasteiger partial charge in [-0.2, -0.15) is 0 Å². The summed E-state index contributed by atoms with van der Waals surface area (Å²) in [5.41, 5.74) is 0.825. The van der Waals surface area contributed by atoms with E-state index in [4.69, 9.17) is 9.47 Å². The highest BCUT2D eigenvalue weighted by molar-refractivity contribution is 6.08. The molecule has 0 spiro atoms. The molecule has 0 saturated carbocycles. The molecule has 0 unspecified atom stereocenters. The van der Waals surface area contributed by atoms with Gasteiger partial charge in [-0.05, 0) is 82.1 Å². The van der Waals surface area contributed by atoms with Crippen molar-refractivity contribution in [2.24, 2.45) is 0 Å². The summed E-state index contributed by atoms with van der Waals surface area (Å²) in [5.74, 6) is -2.64. The molecule has 0 aliphatic carbocycles. The number of anilines is 2. The normalized spacial score (nSPS) is 15.2. The van der Waals surface area contributed by atoms with Gasteiger partial charge in [-0.3, -0.25) is 24.5 Å². The first-order chi connectivity index (χ1) is 23.6. The lowest BCUT2D eigenvalue weighted by Gasteiger charge is -2.27. The van der Waals surface area contributed by atoms with Crippen molar-refractivity contribution in [3.05, 3.63) is 65.7 Å². The first kappa shape index (κ1) is 37.5. The SMILES string of the molecule is COc1ccc2cc(C(=O)O)ccc2c1CN1C(=O)[C@@H](NC(=O)[C@H](C)NCC(=O)OC(C)(C)C)CN(C(=O)CCCC(C)=O)c2ccccc21. The maximum Gasteiger partial charge on any atom is 0.335 e. The standard InChI is InChI=1S/C37H44N4O9/c1-22(42)10-9-13-32(43)40-21-28(39-34(45)23(2)38-19-33(44)50-37(3,4)5)35(46)41(30-12-8-7-11-29(30)40)20-27-26-16-14-25(36(47)48)18-24(26)15-17-31(27)49-6/h7-8,11-12,14-18,23,28,38H,9-10,13,19-21H2,1-6H3,(H,39,45)(H,47,48)/t23-,28-/m0/s1. The van der Waals surface area contributed by atoms with Crippen LogP contribution < -0.4 is 25.2 Å². The Morgan fingerprint density at radius 2 is 1.70 bits per heavy atom. The number of hydrogen-bond donors (Lipinski definition) is 3. The Labute approximate surface area is 290 Å². The van der Waals surface area contributed by atoms with Crippen LogP contribution in [-0.4, -0.2) is 78.4 Å². The minimum atomic E-state index is -1.21. The molecular formula is C37H44N4O9. The molecule has 3 amide bonds. The number of rotatable bonds is 13. The van der Waals surface area contributed by atoms with Crippen molar-refractivity contribution in [2.75, 3.05) is 30.0 Å². The maximum atomic E-state index is 14.6. The Bertz CT molecular complexity index is 1800. The van der Waals surface area contributed by atoms with Gasteiger partial charge in [-0.1, -0.05) is 24.3 Å². The van der Waals surface area contributed by atoms with E-state index in [-0.39, 0.29) is 49.7 Å². The van der Waals surface area contributed by atoms with Crippen LogP contribution >= 0.6 is 0 Å². The molecule has 266 valence electrons. The molecule has 3 N–H and O–H groups in total. The van der Waals surface area contributed by atoms with E-state index in [1.807, 2.05) is 0 Å². The fourth-order valence-electron chi connectivity index (χ4n) is 5.74. The van der Waals surface area contributed by atoms with Crippen molar-refractivity contribution in [2.45, 2.75) is 78.1 Å². The second-order valence-corrected chi connectivity index (χ2v) is 13.2. The number of nitrogens with one attached hydrogen (secondary N) is 2. The number of nitrogens with zero attached hydrogens (tertiary/aromatic N) is 2. The number of aromatic carboxylic acids is 1. The molecule has 3 aromatic carbocycles. The van der Waals surface area contributed by atoms with Gasteiger partial charge in [-0.15, -0.1) is 0 Å². The fourth-order valence-corrected chi connectivity index (χ4v) is 5.74. The van der Waals surface area contributed by atoms with E-state index in [0.717, 1.165) is 0 Å². The Balaban J connectivity index is 1.73. The van der Waals surface area contributed by atoms with Gasteiger partial charge in [-0.25, -0.2) is 4.79 Å². The molecule has 0 saturated heterocycles. The van der Waals surface area contributed by atoms with Crippen LogP contribution in [0.4, 0.5) is 11.4 Å². The van der Waals surface area contributed by atoms with Gasteiger partial charge >= 0.3 is 11.9 Å². The Kier molecular flexibility index (Phi) is 12.0. The summed E-state index contributed by atoms with van der Waals surface area (Å²) in [6, 6.07) is 12.9. The summed E-state index contributed by atoms with van der Waals surface area (Å²) in [6.45, 7) is 7.72. The van der Waals surface area contributed by atoms with Crippen molar-refractivity contribution >= 4 is 57.6 Å². The van der Waals surface area contributed by atoms with Gasteiger partial charge in [0, 0.05) is 18.4 Å². The van der Waals surface area contributed by atoms with Crippen LogP contribution in [0, 0.1) is 0 Å². The quantitative estimate of drug-likeness (QED) is 0.223. The Morgan fingerprint density at radius 1 is 1.00 bits per heavy atom. The first-order valence-corrected chi connectivity index (χ1v) is 16.4. The van der Waals surface area contributed by atoms with E-state index in [1.165, 1.54) is 36.0 Å². The topological polar surface area (TPSA) is 172 Å². The maximum absolute atomic E-state index is 14.6. The smallest absolute Gasteiger partial charge is 0.335 e. The Hall–Kier alpha value is -5.30. The van der Waals surface area contributed by atoms with Crippen LogP contribution in [0.2, 0.25) is 0 Å². The Morgan fingerprint density at radius 3 is 2.34 bits per heavy atom. The van der Waals surface area contributed by atoms with E-state index in [0.29, 0.717) is 39.9 Å². The molecule has 2 atom stereocenters. The van der Waals surface area contributed by atoms with Gasteiger partial charge < -0.3 is 34.5 Å². The van der Waals surface area contributed by atoms with E-state index < -0.39 is 41.4 Å². The lowest BCUT2D eigenvalue weighted by atomic mass is 10.00. The number of Topliss-reactive ketones (excluding diaryl/α,β-unsaturated/α-hetero) is 1. The van der Waals surface area contributed by atoms with Crippen LogP contribution in [0.25, 0.3) is 10.8 Å². The molecule has 1 aliphatic rings. The molecule has 0 aromatic heterocycles.